The Hall–Kier alpha value is 0. The number of nitrogens with zero attached hydrogens (tertiary/aromatic N) is 1. The van der Waals surface area contributed by atoms with Gasteiger partial charge in [-0.25, -0.2) is 4.79 Å². The largest absolute Gasteiger partial charge is 0.338 e. The Morgan fingerprint density at radius 1 is 1.90 bits per heavy atom. The molecule has 4 heteroatoms. The van der Waals surface area contributed by atoms with E-state index in [0.717, 1.165) is 19.5 Å². The summed E-state index contributed by atoms with van der Waals surface area (Å²) in [5, 5.41) is 2.80. The minimum atomic E-state index is 0.0770. The van der Waals surface area contributed by atoms with E-state index in [1.165, 1.54) is 0 Å². The van der Waals surface area contributed by atoms with Crippen molar-refractivity contribution in [2.75, 3.05) is 13.1 Å². The van der Waals surface area contributed by atoms with Crippen molar-refractivity contribution in [1.82, 2.24) is 10.2 Å². The van der Waals surface area contributed by atoms with Crippen LogP contribution in [-0.4, -0.2) is 28.1 Å². The molecule has 2 amide bonds. The molecular formula is C6H11IN2O. The SMILES string of the molecule is CCN1C(=O)NCCC1I. The third-order valence-electron chi connectivity index (χ3n) is 1.60. The van der Waals surface area contributed by atoms with Gasteiger partial charge in [0.2, 0.25) is 0 Å². The second-order valence-electron chi connectivity index (χ2n) is 2.24. The van der Waals surface area contributed by atoms with E-state index in [4.69, 9.17) is 0 Å². The molecule has 1 fully saturated rings. The lowest BCUT2D eigenvalue weighted by atomic mass is 10.3. The van der Waals surface area contributed by atoms with Gasteiger partial charge in [0.25, 0.3) is 0 Å². The highest BCUT2D eigenvalue weighted by molar-refractivity contribution is 14.1. The molecule has 1 N–H and O–H groups in total. The zero-order valence-electron chi connectivity index (χ0n) is 5.93. The standard InChI is InChI=1S/C6H11IN2O/c1-2-9-5(7)3-4-8-6(9)10/h5H,2-4H2,1H3,(H,8,10). The van der Waals surface area contributed by atoms with Crippen LogP contribution in [0.5, 0.6) is 0 Å². The zero-order chi connectivity index (χ0) is 7.56. The van der Waals surface area contributed by atoms with Crippen molar-refractivity contribution in [3.63, 3.8) is 0 Å². The molecule has 1 aliphatic heterocycles. The fourth-order valence-corrected chi connectivity index (χ4v) is 1.98. The summed E-state index contributed by atoms with van der Waals surface area (Å²) in [6, 6.07) is 0.0770. The van der Waals surface area contributed by atoms with Gasteiger partial charge >= 0.3 is 6.03 Å². The molecule has 0 aromatic rings. The van der Waals surface area contributed by atoms with E-state index in [1.54, 1.807) is 0 Å². The Bertz CT molecular complexity index is 140. The van der Waals surface area contributed by atoms with Crippen molar-refractivity contribution in [2.45, 2.75) is 17.4 Å². The molecule has 1 rings (SSSR count). The third kappa shape index (κ3) is 1.53. The van der Waals surface area contributed by atoms with Crippen molar-refractivity contribution in [2.24, 2.45) is 0 Å². The van der Waals surface area contributed by atoms with Gasteiger partial charge in [0.05, 0.1) is 4.05 Å². The molecule has 58 valence electrons. The van der Waals surface area contributed by atoms with Gasteiger partial charge in [-0.3, -0.25) is 0 Å². The van der Waals surface area contributed by atoms with Gasteiger partial charge in [-0.05, 0) is 13.3 Å². The van der Waals surface area contributed by atoms with Gasteiger partial charge in [0, 0.05) is 13.1 Å². The normalized spacial score (nSPS) is 26.4. The number of rotatable bonds is 1. The summed E-state index contributed by atoms with van der Waals surface area (Å²) in [6.45, 7) is 3.62. The number of alkyl halides is 1. The van der Waals surface area contributed by atoms with Crippen LogP contribution in [0, 0.1) is 0 Å². The summed E-state index contributed by atoms with van der Waals surface area (Å²) >= 11 is 2.30. The summed E-state index contributed by atoms with van der Waals surface area (Å²) < 4.78 is 0.386. The molecule has 0 spiro atoms. The highest BCUT2D eigenvalue weighted by Gasteiger charge is 2.23. The van der Waals surface area contributed by atoms with Crippen LogP contribution < -0.4 is 5.32 Å². The minimum Gasteiger partial charge on any atom is -0.338 e. The molecule has 1 saturated heterocycles. The molecule has 1 unspecified atom stereocenters. The molecule has 3 nitrogen and oxygen atoms in total. The molecule has 0 radical (unpaired) electrons. The summed E-state index contributed by atoms with van der Waals surface area (Å²) in [5.74, 6) is 0. The first-order valence-electron chi connectivity index (χ1n) is 3.44. The molecule has 0 aromatic heterocycles. The molecular weight excluding hydrogens is 243 g/mol. The molecule has 0 aliphatic carbocycles. The average molecular weight is 254 g/mol. The van der Waals surface area contributed by atoms with E-state index in [-0.39, 0.29) is 6.03 Å². The topological polar surface area (TPSA) is 32.3 Å². The van der Waals surface area contributed by atoms with Crippen molar-refractivity contribution < 1.29 is 4.79 Å². The Balaban J connectivity index is 2.53. The van der Waals surface area contributed by atoms with Gasteiger partial charge in [-0.1, -0.05) is 22.6 Å². The van der Waals surface area contributed by atoms with Crippen LogP contribution in [0.3, 0.4) is 0 Å². The van der Waals surface area contributed by atoms with E-state index < -0.39 is 0 Å². The highest BCUT2D eigenvalue weighted by Crippen LogP contribution is 2.14. The van der Waals surface area contributed by atoms with Crippen LogP contribution in [0.4, 0.5) is 4.79 Å². The van der Waals surface area contributed by atoms with Crippen LogP contribution in [0.1, 0.15) is 13.3 Å². The predicted octanol–water partition coefficient (Wildman–Crippen LogP) is 1.18. The fourth-order valence-electron chi connectivity index (χ4n) is 1.02. The monoisotopic (exact) mass is 254 g/mol. The van der Waals surface area contributed by atoms with Crippen molar-refractivity contribution in [3.8, 4) is 0 Å². The lowest BCUT2D eigenvalue weighted by Gasteiger charge is -2.31. The maximum atomic E-state index is 11.0. The molecule has 1 atom stereocenters. The smallest absolute Gasteiger partial charge is 0.318 e. The summed E-state index contributed by atoms with van der Waals surface area (Å²) in [7, 11) is 0. The Kier molecular flexibility index (Phi) is 2.76. The number of carbonyl (C=O) groups is 1. The van der Waals surface area contributed by atoms with Crippen LogP contribution in [-0.2, 0) is 0 Å². The Labute approximate surface area is 74.3 Å². The van der Waals surface area contributed by atoms with E-state index in [1.807, 2.05) is 11.8 Å². The van der Waals surface area contributed by atoms with Gasteiger partial charge in [-0.2, -0.15) is 0 Å². The number of halogens is 1. The number of hydrogen-bond acceptors (Lipinski definition) is 1. The highest BCUT2D eigenvalue weighted by atomic mass is 127. The number of urea groups is 1. The molecule has 0 bridgehead atoms. The van der Waals surface area contributed by atoms with E-state index >= 15 is 0 Å². The second-order valence-corrected chi connectivity index (χ2v) is 3.68. The second kappa shape index (κ2) is 3.41. The average Bonchev–Trinajstić information content (AvgIpc) is 1.88. The maximum absolute atomic E-state index is 11.0. The minimum absolute atomic E-state index is 0.0770. The number of hydrogen-bond donors (Lipinski definition) is 1. The summed E-state index contributed by atoms with van der Waals surface area (Å²) in [5.41, 5.74) is 0. The van der Waals surface area contributed by atoms with E-state index in [2.05, 4.69) is 27.9 Å². The third-order valence-corrected chi connectivity index (χ3v) is 2.89. The first-order valence-corrected chi connectivity index (χ1v) is 4.68. The Morgan fingerprint density at radius 2 is 2.60 bits per heavy atom. The molecule has 0 saturated carbocycles. The summed E-state index contributed by atoms with van der Waals surface area (Å²) in [6.07, 6.45) is 1.06. The van der Waals surface area contributed by atoms with Crippen molar-refractivity contribution in [1.29, 1.82) is 0 Å². The van der Waals surface area contributed by atoms with Crippen LogP contribution in [0.25, 0.3) is 0 Å². The van der Waals surface area contributed by atoms with Crippen LogP contribution in [0.15, 0.2) is 0 Å². The number of carbonyl (C=O) groups excluding carboxylic acids is 1. The van der Waals surface area contributed by atoms with Gasteiger partial charge in [-0.15, -0.1) is 0 Å². The quantitative estimate of drug-likeness (QED) is 0.425. The van der Waals surface area contributed by atoms with E-state index in [9.17, 15) is 4.79 Å². The summed E-state index contributed by atoms with van der Waals surface area (Å²) in [4.78, 5) is 12.9. The maximum Gasteiger partial charge on any atom is 0.318 e. The van der Waals surface area contributed by atoms with E-state index in [0.29, 0.717) is 4.05 Å². The van der Waals surface area contributed by atoms with Gasteiger partial charge in [0.15, 0.2) is 0 Å². The number of nitrogens with one attached hydrogen (secondary N) is 1. The molecule has 1 heterocycles. The Morgan fingerprint density at radius 3 is 3.00 bits per heavy atom. The zero-order valence-corrected chi connectivity index (χ0v) is 8.09. The fraction of sp³-hybridized carbons (Fsp3) is 0.833. The van der Waals surface area contributed by atoms with Crippen molar-refractivity contribution >= 4 is 28.6 Å². The molecule has 1 aliphatic rings. The number of amides is 2. The first-order chi connectivity index (χ1) is 4.75. The predicted molar refractivity (Wildman–Crippen MR) is 48.2 cm³/mol. The van der Waals surface area contributed by atoms with Gasteiger partial charge in [0.1, 0.15) is 0 Å². The van der Waals surface area contributed by atoms with Crippen LogP contribution >= 0.6 is 22.6 Å². The molecule has 10 heavy (non-hydrogen) atoms. The van der Waals surface area contributed by atoms with Crippen LogP contribution in [0.2, 0.25) is 0 Å². The first kappa shape index (κ1) is 8.10. The van der Waals surface area contributed by atoms with Gasteiger partial charge < -0.3 is 10.2 Å². The lowest BCUT2D eigenvalue weighted by Crippen LogP contribution is -2.49. The lowest BCUT2D eigenvalue weighted by molar-refractivity contribution is 0.185. The molecule has 0 aromatic carbocycles. The van der Waals surface area contributed by atoms with Crippen molar-refractivity contribution in [3.05, 3.63) is 0 Å².